The molecule has 84 valence electrons. The molecule has 1 N–H and O–H groups in total. The van der Waals surface area contributed by atoms with E-state index >= 15 is 0 Å². The Kier molecular flexibility index (Phi) is 3.58. The van der Waals surface area contributed by atoms with Crippen molar-refractivity contribution in [2.45, 2.75) is 0 Å². The van der Waals surface area contributed by atoms with Gasteiger partial charge < -0.3 is 14.9 Å². The van der Waals surface area contributed by atoms with Gasteiger partial charge in [-0.25, -0.2) is 0 Å². The van der Waals surface area contributed by atoms with Gasteiger partial charge in [-0.1, -0.05) is 23.2 Å². The molecule has 5 heteroatoms. The van der Waals surface area contributed by atoms with E-state index in [4.69, 9.17) is 23.2 Å². The van der Waals surface area contributed by atoms with Gasteiger partial charge in [0.1, 0.15) is 5.69 Å². The quantitative estimate of drug-likeness (QED) is 0.873. The van der Waals surface area contributed by atoms with E-state index < -0.39 is 0 Å². The molecule has 0 spiro atoms. The maximum absolute atomic E-state index is 9.78. The first kappa shape index (κ1) is 12.3. The van der Waals surface area contributed by atoms with Crippen LogP contribution < -0.4 is 9.80 Å². The maximum atomic E-state index is 9.78. The minimum absolute atomic E-state index is 0.0114. The van der Waals surface area contributed by atoms with Gasteiger partial charge in [-0.15, -0.1) is 0 Å². The third kappa shape index (κ3) is 2.24. The van der Waals surface area contributed by atoms with Crippen LogP contribution in [0.2, 0.25) is 10.0 Å². The van der Waals surface area contributed by atoms with E-state index in [0.29, 0.717) is 15.7 Å². The Hall–Kier alpha value is -0.800. The molecule has 0 saturated carbocycles. The van der Waals surface area contributed by atoms with Gasteiger partial charge in [-0.2, -0.15) is 0 Å². The summed E-state index contributed by atoms with van der Waals surface area (Å²) in [7, 11) is 7.34. The molecule has 0 fully saturated rings. The fourth-order valence-corrected chi connectivity index (χ4v) is 2.00. The zero-order chi connectivity index (χ0) is 11.7. The normalized spacial score (nSPS) is 10.3. The van der Waals surface area contributed by atoms with Gasteiger partial charge in [0.05, 0.1) is 15.7 Å². The molecule has 0 heterocycles. The average Bonchev–Trinajstić information content (AvgIpc) is 2.10. The highest BCUT2D eigenvalue weighted by Crippen LogP contribution is 2.44. The molecular weight excluding hydrogens is 235 g/mol. The van der Waals surface area contributed by atoms with Gasteiger partial charge in [0, 0.05) is 28.2 Å². The van der Waals surface area contributed by atoms with Crippen LogP contribution in [0.1, 0.15) is 0 Å². The van der Waals surface area contributed by atoms with Gasteiger partial charge in [-0.3, -0.25) is 0 Å². The molecule has 1 rings (SSSR count). The fourth-order valence-electron chi connectivity index (χ4n) is 1.32. The van der Waals surface area contributed by atoms with Crippen LogP contribution >= 0.6 is 23.2 Å². The van der Waals surface area contributed by atoms with Crippen molar-refractivity contribution in [3.63, 3.8) is 0 Å². The van der Waals surface area contributed by atoms with Gasteiger partial charge in [0.25, 0.3) is 0 Å². The van der Waals surface area contributed by atoms with Crippen molar-refractivity contribution in [2.75, 3.05) is 38.0 Å². The Bertz CT molecular complexity index is 378. The highest BCUT2D eigenvalue weighted by molar-refractivity contribution is 6.39. The molecule has 0 radical (unpaired) electrons. The number of hydrogen-bond donors (Lipinski definition) is 1. The number of nitrogens with zero attached hydrogens (tertiary/aromatic N) is 2. The van der Waals surface area contributed by atoms with E-state index in [0.717, 1.165) is 5.69 Å². The number of aromatic hydroxyl groups is 1. The highest BCUT2D eigenvalue weighted by atomic mass is 35.5. The van der Waals surface area contributed by atoms with Crippen LogP contribution in [-0.4, -0.2) is 33.3 Å². The second-order valence-corrected chi connectivity index (χ2v) is 4.46. The lowest BCUT2D eigenvalue weighted by atomic mass is 10.2. The van der Waals surface area contributed by atoms with Crippen molar-refractivity contribution >= 4 is 34.6 Å². The maximum Gasteiger partial charge on any atom is 0.159 e. The van der Waals surface area contributed by atoms with Crippen molar-refractivity contribution in [3.8, 4) is 5.75 Å². The summed E-state index contributed by atoms with van der Waals surface area (Å²) in [5, 5.41) is 10.6. The smallest absolute Gasteiger partial charge is 0.159 e. The lowest BCUT2D eigenvalue weighted by molar-refractivity contribution is 0.476. The molecule has 1 aromatic rings. The van der Waals surface area contributed by atoms with Crippen molar-refractivity contribution < 1.29 is 5.11 Å². The summed E-state index contributed by atoms with van der Waals surface area (Å²) < 4.78 is 0. The Morgan fingerprint density at radius 1 is 1.07 bits per heavy atom. The second-order valence-electron chi connectivity index (χ2n) is 3.68. The Morgan fingerprint density at radius 3 is 2.00 bits per heavy atom. The Balaban J connectivity index is 3.49. The molecule has 0 aliphatic carbocycles. The summed E-state index contributed by atoms with van der Waals surface area (Å²) in [5.41, 5.74) is 1.32. The van der Waals surface area contributed by atoms with Crippen LogP contribution in [0.15, 0.2) is 6.07 Å². The SMILES string of the molecule is CN(C)c1cc(Cl)c(O)c(N(C)C)c1Cl. The van der Waals surface area contributed by atoms with Crippen LogP contribution in [0.5, 0.6) is 5.75 Å². The molecule has 0 aliphatic rings. The molecule has 0 aliphatic heterocycles. The molecule has 15 heavy (non-hydrogen) atoms. The first-order valence-corrected chi connectivity index (χ1v) is 5.17. The summed E-state index contributed by atoms with van der Waals surface area (Å²) in [6, 6.07) is 1.65. The highest BCUT2D eigenvalue weighted by Gasteiger charge is 2.17. The third-order valence-electron chi connectivity index (χ3n) is 2.08. The number of phenolic OH excluding ortho intramolecular Hbond substituents is 1. The van der Waals surface area contributed by atoms with E-state index in [9.17, 15) is 5.11 Å². The number of halogens is 2. The fraction of sp³-hybridized carbons (Fsp3) is 0.400. The van der Waals surface area contributed by atoms with Crippen LogP contribution in [0.25, 0.3) is 0 Å². The van der Waals surface area contributed by atoms with Gasteiger partial charge >= 0.3 is 0 Å². The molecule has 0 amide bonds. The van der Waals surface area contributed by atoms with Crippen LogP contribution in [-0.2, 0) is 0 Å². The predicted molar refractivity (Wildman–Crippen MR) is 66.8 cm³/mol. The number of anilines is 2. The minimum Gasteiger partial charge on any atom is -0.504 e. The summed E-state index contributed by atoms with van der Waals surface area (Å²) in [6.07, 6.45) is 0. The topological polar surface area (TPSA) is 26.7 Å². The monoisotopic (exact) mass is 248 g/mol. The summed E-state index contributed by atoms with van der Waals surface area (Å²) in [6.45, 7) is 0. The number of benzene rings is 1. The number of phenols is 1. The largest absolute Gasteiger partial charge is 0.504 e. The van der Waals surface area contributed by atoms with Gasteiger partial charge in [-0.05, 0) is 6.07 Å². The van der Waals surface area contributed by atoms with Gasteiger partial charge in [0.15, 0.2) is 5.75 Å². The summed E-state index contributed by atoms with van der Waals surface area (Å²) >= 11 is 12.1. The van der Waals surface area contributed by atoms with Gasteiger partial charge in [0.2, 0.25) is 0 Å². The van der Waals surface area contributed by atoms with Crippen molar-refractivity contribution in [3.05, 3.63) is 16.1 Å². The zero-order valence-corrected chi connectivity index (χ0v) is 10.7. The molecular formula is C10H14Cl2N2O. The van der Waals surface area contributed by atoms with E-state index in [-0.39, 0.29) is 5.75 Å². The molecule has 0 bridgehead atoms. The molecule has 3 nitrogen and oxygen atoms in total. The molecule has 1 aromatic carbocycles. The zero-order valence-electron chi connectivity index (χ0n) is 9.17. The lowest BCUT2D eigenvalue weighted by Gasteiger charge is -2.22. The minimum atomic E-state index is 0.0114. The second kappa shape index (κ2) is 4.37. The average molecular weight is 249 g/mol. The first-order chi connectivity index (χ1) is 6.86. The van der Waals surface area contributed by atoms with E-state index in [1.807, 2.05) is 19.0 Å². The third-order valence-corrected chi connectivity index (χ3v) is 2.74. The van der Waals surface area contributed by atoms with Crippen molar-refractivity contribution in [1.82, 2.24) is 0 Å². The van der Waals surface area contributed by atoms with Crippen molar-refractivity contribution in [2.24, 2.45) is 0 Å². The van der Waals surface area contributed by atoms with E-state index in [1.54, 1.807) is 25.1 Å². The lowest BCUT2D eigenvalue weighted by Crippen LogP contribution is -2.14. The summed E-state index contributed by atoms with van der Waals surface area (Å²) in [4.78, 5) is 3.58. The van der Waals surface area contributed by atoms with Crippen LogP contribution in [0.3, 0.4) is 0 Å². The molecule has 0 unspecified atom stereocenters. The summed E-state index contributed by atoms with van der Waals surface area (Å²) in [5.74, 6) is 0.0114. The van der Waals surface area contributed by atoms with E-state index in [2.05, 4.69) is 0 Å². The van der Waals surface area contributed by atoms with Crippen LogP contribution in [0, 0.1) is 0 Å². The molecule has 0 aromatic heterocycles. The Labute approximate surface area is 99.8 Å². The van der Waals surface area contributed by atoms with Crippen LogP contribution in [0.4, 0.5) is 11.4 Å². The number of hydrogen-bond acceptors (Lipinski definition) is 3. The standard InChI is InChI=1S/C10H14Cl2N2O/c1-13(2)7-5-6(11)10(15)9(8(7)12)14(3)4/h5,15H,1-4H3. The van der Waals surface area contributed by atoms with E-state index in [1.165, 1.54) is 0 Å². The number of rotatable bonds is 2. The van der Waals surface area contributed by atoms with Crippen molar-refractivity contribution in [1.29, 1.82) is 0 Å². The Morgan fingerprint density at radius 2 is 1.60 bits per heavy atom. The first-order valence-electron chi connectivity index (χ1n) is 4.41. The molecule has 0 saturated heterocycles. The predicted octanol–water partition coefficient (Wildman–Crippen LogP) is 2.83. The molecule has 0 atom stereocenters.